The van der Waals surface area contributed by atoms with Crippen LogP contribution in [0.2, 0.25) is 0 Å². The summed E-state index contributed by atoms with van der Waals surface area (Å²) in [5.74, 6) is -0.376. The Morgan fingerprint density at radius 2 is 1.90 bits per heavy atom. The molecule has 0 spiro atoms. The second kappa shape index (κ2) is 7.34. The van der Waals surface area contributed by atoms with E-state index >= 15 is 0 Å². The number of hydrogen-bond donors (Lipinski definition) is 1. The number of aromatic nitrogens is 2. The first-order valence-corrected chi connectivity index (χ1v) is 10.5. The topological polar surface area (TPSA) is 75.3 Å². The second-order valence-corrected chi connectivity index (χ2v) is 8.78. The van der Waals surface area contributed by atoms with Crippen molar-refractivity contribution in [3.63, 3.8) is 0 Å². The summed E-state index contributed by atoms with van der Waals surface area (Å²) in [6, 6.07) is 8.32. The summed E-state index contributed by atoms with van der Waals surface area (Å²) in [7, 11) is -3.91. The van der Waals surface area contributed by atoms with Gasteiger partial charge in [0.15, 0.2) is 0 Å². The fourth-order valence-corrected chi connectivity index (χ4v) is 5.21. The average molecular weight is 425 g/mol. The number of halogens is 3. The summed E-state index contributed by atoms with van der Waals surface area (Å²) in [5, 5.41) is 1.02. The zero-order valence-electron chi connectivity index (χ0n) is 15.2. The summed E-state index contributed by atoms with van der Waals surface area (Å²) in [6.07, 6.45) is -0.0482. The number of rotatable bonds is 4. The van der Waals surface area contributed by atoms with Gasteiger partial charge in [0.1, 0.15) is 11.4 Å². The highest BCUT2D eigenvalue weighted by Gasteiger charge is 2.33. The molecule has 0 aliphatic carbocycles. The molecule has 10 heteroatoms. The van der Waals surface area contributed by atoms with Crippen LogP contribution in [0.3, 0.4) is 0 Å². The molecule has 0 bridgehead atoms. The number of nitrogens with one attached hydrogen (secondary N) is 1. The third-order valence-corrected chi connectivity index (χ3v) is 6.95. The molecule has 0 amide bonds. The summed E-state index contributed by atoms with van der Waals surface area (Å²) in [5.41, 5.74) is 1.89. The van der Waals surface area contributed by atoms with Gasteiger partial charge in [-0.25, -0.2) is 13.4 Å². The Labute approximate surface area is 165 Å². The zero-order valence-corrected chi connectivity index (χ0v) is 16.0. The molecule has 0 radical (unpaired) electrons. The molecule has 6 nitrogen and oxygen atoms in total. The van der Waals surface area contributed by atoms with Gasteiger partial charge >= 0.3 is 6.36 Å². The van der Waals surface area contributed by atoms with Crippen molar-refractivity contribution in [2.24, 2.45) is 0 Å². The van der Waals surface area contributed by atoms with Crippen molar-refractivity contribution in [2.45, 2.75) is 30.0 Å². The van der Waals surface area contributed by atoms with Crippen molar-refractivity contribution >= 4 is 21.1 Å². The van der Waals surface area contributed by atoms with Crippen molar-refractivity contribution in [2.75, 3.05) is 13.1 Å². The first kappa shape index (κ1) is 19.7. The van der Waals surface area contributed by atoms with Crippen LogP contribution in [0.15, 0.2) is 53.7 Å². The molecule has 0 saturated carbocycles. The van der Waals surface area contributed by atoms with Gasteiger partial charge in [-0.2, -0.15) is 4.31 Å². The molecule has 4 rings (SSSR count). The van der Waals surface area contributed by atoms with E-state index in [0.717, 1.165) is 28.7 Å². The number of pyridine rings is 1. The van der Waals surface area contributed by atoms with Gasteiger partial charge in [0.05, 0.1) is 4.90 Å². The van der Waals surface area contributed by atoms with E-state index in [1.54, 1.807) is 6.20 Å². The van der Waals surface area contributed by atoms with Gasteiger partial charge < -0.3 is 9.72 Å². The smallest absolute Gasteiger partial charge is 0.406 e. The van der Waals surface area contributed by atoms with Crippen LogP contribution < -0.4 is 4.74 Å². The molecule has 1 N–H and O–H groups in total. The monoisotopic (exact) mass is 425 g/mol. The maximum Gasteiger partial charge on any atom is 0.573 e. The predicted octanol–water partition coefficient (Wildman–Crippen LogP) is 4.03. The second-order valence-electron chi connectivity index (χ2n) is 6.84. The maximum atomic E-state index is 12.9. The van der Waals surface area contributed by atoms with Crippen molar-refractivity contribution in [3.8, 4) is 5.75 Å². The van der Waals surface area contributed by atoms with Gasteiger partial charge in [-0.3, -0.25) is 0 Å². The Morgan fingerprint density at radius 3 is 2.62 bits per heavy atom. The molecular weight excluding hydrogens is 407 g/mol. The largest absolute Gasteiger partial charge is 0.573 e. The average Bonchev–Trinajstić information content (AvgIpc) is 3.11. The number of nitrogens with zero attached hydrogens (tertiary/aromatic N) is 2. The van der Waals surface area contributed by atoms with Crippen LogP contribution in [0.4, 0.5) is 13.2 Å². The molecule has 1 aromatic carbocycles. The summed E-state index contributed by atoms with van der Waals surface area (Å²) >= 11 is 0. The Kier molecular flexibility index (Phi) is 4.99. The molecule has 1 aliphatic rings. The van der Waals surface area contributed by atoms with Crippen LogP contribution in [-0.2, 0) is 10.0 Å². The summed E-state index contributed by atoms with van der Waals surface area (Å²) in [6.45, 7) is 0.564. The van der Waals surface area contributed by atoms with E-state index < -0.39 is 22.1 Å². The summed E-state index contributed by atoms with van der Waals surface area (Å²) < 4.78 is 68.2. The molecule has 1 fully saturated rings. The van der Waals surface area contributed by atoms with Gasteiger partial charge in [0.2, 0.25) is 10.0 Å². The fourth-order valence-electron chi connectivity index (χ4n) is 3.70. The molecule has 154 valence electrons. The summed E-state index contributed by atoms with van der Waals surface area (Å²) in [4.78, 5) is 7.19. The van der Waals surface area contributed by atoms with E-state index in [-0.39, 0.29) is 23.9 Å². The first-order valence-electron chi connectivity index (χ1n) is 9.02. The van der Waals surface area contributed by atoms with Gasteiger partial charge in [-0.15, -0.1) is 13.2 Å². The predicted molar refractivity (Wildman–Crippen MR) is 100.0 cm³/mol. The minimum Gasteiger partial charge on any atom is -0.406 e. The van der Waals surface area contributed by atoms with E-state index in [1.165, 1.54) is 16.4 Å². The minimum atomic E-state index is -4.88. The van der Waals surface area contributed by atoms with E-state index in [0.29, 0.717) is 12.8 Å². The first-order chi connectivity index (χ1) is 13.7. The lowest BCUT2D eigenvalue weighted by atomic mass is 9.90. The maximum absolute atomic E-state index is 12.9. The molecular formula is C19H18F3N3O3S. The van der Waals surface area contributed by atoms with Crippen LogP contribution in [0.5, 0.6) is 5.75 Å². The number of piperidine rings is 1. The Morgan fingerprint density at radius 1 is 1.14 bits per heavy atom. The van der Waals surface area contributed by atoms with Crippen molar-refractivity contribution in [1.29, 1.82) is 0 Å². The number of aromatic amines is 1. The number of benzene rings is 1. The number of hydrogen-bond acceptors (Lipinski definition) is 4. The lowest BCUT2D eigenvalue weighted by Crippen LogP contribution is -2.37. The molecule has 0 atom stereocenters. The quantitative estimate of drug-likeness (QED) is 0.685. The van der Waals surface area contributed by atoms with E-state index in [2.05, 4.69) is 14.7 Å². The van der Waals surface area contributed by atoms with Gasteiger partial charge in [0, 0.05) is 36.9 Å². The highest BCUT2D eigenvalue weighted by Crippen LogP contribution is 2.34. The molecule has 0 unspecified atom stereocenters. The lowest BCUT2D eigenvalue weighted by molar-refractivity contribution is -0.274. The zero-order chi connectivity index (χ0) is 20.6. The number of fused-ring (bicyclic) bond motifs is 1. The number of H-pyrrole nitrogens is 1. The molecule has 1 saturated heterocycles. The van der Waals surface area contributed by atoms with Gasteiger partial charge in [-0.1, -0.05) is 6.07 Å². The van der Waals surface area contributed by atoms with E-state index in [4.69, 9.17) is 0 Å². The third kappa shape index (κ3) is 4.08. The van der Waals surface area contributed by atoms with Crippen molar-refractivity contribution in [1.82, 2.24) is 14.3 Å². The highest BCUT2D eigenvalue weighted by atomic mass is 32.2. The Bertz CT molecular complexity index is 1120. The standard InChI is InChI=1S/C19H18F3N3O3S/c20-19(21,22)28-14-3-1-4-15(11-14)29(26,27)25-9-6-13(7-10-25)17-12-24-18-16(17)5-2-8-23-18/h1-5,8,11-13H,6-7,9-10H2,(H,23,24). The molecule has 3 heterocycles. The molecule has 3 aromatic rings. The molecule has 29 heavy (non-hydrogen) atoms. The van der Waals surface area contributed by atoms with Crippen LogP contribution in [0.1, 0.15) is 24.3 Å². The van der Waals surface area contributed by atoms with Crippen molar-refractivity contribution < 1.29 is 26.3 Å². The van der Waals surface area contributed by atoms with Crippen LogP contribution >= 0.6 is 0 Å². The molecule has 2 aromatic heterocycles. The van der Waals surface area contributed by atoms with E-state index in [9.17, 15) is 21.6 Å². The number of alkyl halides is 3. The molecule has 1 aliphatic heterocycles. The normalized spacial score (nSPS) is 16.9. The Hall–Kier alpha value is -2.59. The van der Waals surface area contributed by atoms with Crippen LogP contribution in [0, 0.1) is 0 Å². The van der Waals surface area contributed by atoms with Crippen LogP contribution in [0.25, 0.3) is 11.0 Å². The minimum absolute atomic E-state index is 0.180. The van der Waals surface area contributed by atoms with Gasteiger partial charge in [-0.05, 0) is 48.6 Å². The van der Waals surface area contributed by atoms with E-state index in [1.807, 2.05) is 18.3 Å². The highest BCUT2D eigenvalue weighted by molar-refractivity contribution is 7.89. The number of sulfonamides is 1. The lowest BCUT2D eigenvalue weighted by Gasteiger charge is -2.31. The van der Waals surface area contributed by atoms with Crippen LogP contribution in [-0.4, -0.2) is 42.1 Å². The SMILES string of the molecule is O=S(=O)(c1cccc(OC(F)(F)F)c1)N1CCC(c2c[nH]c3ncccc23)CC1. The van der Waals surface area contributed by atoms with Gasteiger partial charge in [0.25, 0.3) is 0 Å². The number of ether oxygens (including phenoxy) is 1. The third-order valence-electron chi connectivity index (χ3n) is 5.05. The Balaban J connectivity index is 1.50. The fraction of sp³-hybridized carbons (Fsp3) is 0.316. The van der Waals surface area contributed by atoms with Crippen molar-refractivity contribution in [3.05, 3.63) is 54.4 Å².